The highest BCUT2D eigenvalue weighted by atomic mass is 16.4. The molecule has 1 aromatic rings. The van der Waals surface area contributed by atoms with Crippen molar-refractivity contribution in [3.63, 3.8) is 0 Å². The van der Waals surface area contributed by atoms with Crippen molar-refractivity contribution in [3.8, 4) is 0 Å². The van der Waals surface area contributed by atoms with Crippen LogP contribution in [0.1, 0.15) is 61.9 Å². The molecule has 0 saturated heterocycles. The van der Waals surface area contributed by atoms with E-state index in [1.165, 1.54) is 6.07 Å². The van der Waals surface area contributed by atoms with Crippen LogP contribution in [0.4, 0.5) is 5.69 Å². The van der Waals surface area contributed by atoms with Gasteiger partial charge in [-0.05, 0) is 43.5 Å². The minimum absolute atomic E-state index is 0.0500. The lowest BCUT2D eigenvalue weighted by atomic mass is 9.89. The number of aliphatic hydroxyl groups is 1. The molecule has 5 heteroatoms. The van der Waals surface area contributed by atoms with Crippen molar-refractivity contribution in [1.29, 1.82) is 0 Å². The number of hydrogen-bond acceptors (Lipinski definition) is 3. The van der Waals surface area contributed by atoms with Gasteiger partial charge in [0.2, 0.25) is 5.91 Å². The molecule has 0 radical (unpaired) electrons. The standard InChI is InChI=1S/C17H25NO4/c1-4-8-17(22,9-5-2)11-15(19)18-13-6-7-14(16(20)21)12(3)10-13/h6-7,10,22H,4-5,8-9,11H2,1-3H3,(H,18,19)(H,20,21). The molecule has 0 aromatic heterocycles. The summed E-state index contributed by atoms with van der Waals surface area (Å²) >= 11 is 0. The quantitative estimate of drug-likeness (QED) is 0.687. The number of amides is 1. The molecular weight excluding hydrogens is 282 g/mol. The number of carbonyl (C=O) groups excluding carboxylic acids is 1. The van der Waals surface area contributed by atoms with Crippen molar-refractivity contribution in [3.05, 3.63) is 29.3 Å². The number of aryl methyl sites for hydroxylation is 1. The second-order valence-electron chi connectivity index (χ2n) is 5.78. The molecule has 0 bridgehead atoms. The van der Waals surface area contributed by atoms with Gasteiger partial charge in [0.25, 0.3) is 0 Å². The number of aromatic carboxylic acids is 1. The average molecular weight is 307 g/mol. The topological polar surface area (TPSA) is 86.6 Å². The summed E-state index contributed by atoms with van der Waals surface area (Å²) in [5.74, 6) is -1.25. The summed E-state index contributed by atoms with van der Waals surface area (Å²) in [6.45, 7) is 5.64. The van der Waals surface area contributed by atoms with Crippen molar-refractivity contribution in [2.24, 2.45) is 0 Å². The van der Waals surface area contributed by atoms with E-state index in [0.29, 0.717) is 24.1 Å². The van der Waals surface area contributed by atoms with Gasteiger partial charge >= 0.3 is 5.97 Å². The number of nitrogens with one attached hydrogen (secondary N) is 1. The molecule has 5 nitrogen and oxygen atoms in total. The fraction of sp³-hybridized carbons (Fsp3) is 0.529. The Morgan fingerprint density at radius 1 is 1.18 bits per heavy atom. The van der Waals surface area contributed by atoms with Crippen LogP contribution in [0.15, 0.2) is 18.2 Å². The van der Waals surface area contributed by atoms with E-state index in [1.807, 2.05) is 13.8 Å². The Labute approximate surface area is 131 Å². The first-order valence-electron chi connectivity index (χ1n) is 7.67. The van der Waals surface area contributed by atoms with Crippen LogP contribution in [0.5, 0.6) is 0 Å². The van der Waals surface area contributed by atoms with Crippen molar-refractivity contribution >= 4 is 17.6 Å². The Balaban J connectivity index is 2.76. The summed E-state index contributed by atoms with van der Waals surface area (Å²) < 4.78 is 0. The summed E-state index contributed by atoms with van der Waals surface area (Å²) in [5, 5.41) is 22.2. The maximum atomic E-state index is 12.1. The number of rotatable bonds is 8. The molecule has 0 atom stereocenters. The number of carbonyl (C=O) groups is 2. The highest BCUT2D eigenvalue weighted by molar-refractivity contribution is 5.93. The zero-order valence-electron chi connectivity index (χ0n) is 13.5. The zero-order chi connectivity index (χ0) is 16.8. The number of hydrogen-bond donors (Lipinski definition) is 3. The minimum Gasteiger partial charge on any atom is -0.478 e. The number of carboxylic acid groups (broad SMARTS) is 1. The molecular formula is C17H25NO4. The Morgan fingerprint density at radius 2 is 1.77 bits per heavy atom. The molecule has 122 valence electrons. The molecule has 1 amide bonds. The fourth-order valence-electron chi connectivity index (χ4n) is 2.72. The van der Waals surface area contributed by atoms with E-state index in [-0.39, 0.29) is 17.9 Å². The third-order valence-electron chi connectivity index (χ3n) is 3.66. The van der Waals surface area contributed by atoms with Gasteiger partial charge in [0.15, 0.2) is 0 Å². The third kappa shape index (κ3) is 5.15. The molecule has 0 heterocycles. The van der Waals surface area contributed by atoms with E-state index in [9.17, 15) is 14.7 Å². The third-order valence-corrected chi connectivity index (χ3v) is 3.66. The monoisotopic (exact) mass is 307 g/mol. The van der Waals surface area contributed by atoms with Crippen LogP contribution in [0.25, 0.3) is 0 Å². The average Bonchev–Trinajstić information content (AvgIpc) is 2.38. The number of carboxylic acids is 1. The number of benzene rings is 1. The van der Waals surface area contributed by atoms with Crippen LogP contribution >= 0.6 is 0 Å². The van der Waals surface area contributed by atoms with Crippen LogP contribution in [0, 0.1) is 6.92 Å². The molecule has 3 N–H and O–H groups in total. The summed E-state index contributed by atoms with van der Waals surface area (Å²) in [6, 6.07) is 4.66. The van der Waals surface area contributed by atoms with Crippen molar-refractivity contribution in [1.82, 2.24) is 0 Å². The Morgan fingerprint density at radius 3 is 2.23 bits per heavy atom. The first-order chi connectivity index (χ1) is 10.3. The lowest BCUT2D eigenvalue weighted by molar-refractivity contribution is -0.121. The van der Waals surface area contributed by atoms with Gasteiger partial charge < -0.3 is 15.5 Å². The van der Waals surface area contributed by atoms with E-state index >= 15 is 0 Å². The number of anilines is 1. The van der Waals surface area contributed by atoms with Crippen molar-refractivity contribution < 1.29 is 19.8 Å². The molecule has 1 rings (SSSR count). The SMILES string of the molecule is CCCC(O)(CCC)CC(=O)Nc1ccc(C(=O)O)c(C)c1. The molecule has 0 aliphatic carbocycles. The van der Waals surface area contributed by atoms with Gasteiger partial charge in [-0.25, -0.2) is 4.79 Å². The van der Waals surface area contributed by atoms with Gasteiger partial charge in [-0.3, -0.25) is 4.79 Å². The maximum Gasteiger partial charge on any atom is 0.335 e. The van der Waals surface area contributed by atoms with E-state index in [0.717, 1.165) is 12.8 Å². The van der Waals surface area contributed by atoms with E-state index < -0.39 is 11.6 Å². The van der Waals surface area contributed by atoms with Crippen LogP contribution in [0.3, 0.4) is 0 Å². The summed E-state index contributed by atoms with van der Waals surface area (Å²) in [5.41, 5.74) is 0.376. The van der Waals surface area contributed by atoms with Crippen molar-refractivity contribution in [2.45, 2.75) is 58.5 Å². The van der Waals surface area contributed by atoms with E-state index in [1.54, 1.807) is 19.1 Å². The lowest BCUT2D eigenvalue weighted by Gasteiger charge is -2.26. The molecule has 0 spiro atoms. The van der Waals surface area contributed by atoms with Crippen molar-refractivity contribution in [2.75, 3.05) is 5.32 Å². The van der Waals surface area contributed by atoms with Gasteiger partial charge in [-0.1, -0.05) is 26.7 Å². The maximum absolute atomic E-state index is 12.1. The van der Waals surface area contributed by atoms with Gasteiger partial charge in [0.05, 0.1) is 17.6 Å². The van der Waals surface area contributed by atoms with Crippen LogP contribution in [-0.2, 0) is 4.79 Å². The molecule has 1 aromatic carbocycles. The molecule has 0 fully saturated rings. The summed E-state index contributed by atoms with van der Waals surface area (Å²) in [4.78, 5) is 23.1. The normalized spacial score (nSPS) is 11.3. The largest absolute Gasteiger partial charge is 0.478 e. The zero-order valence-corrected chi connectivity index (χ0v) is 13.5. The predicted molar refractivity (Wildman–Crippen MR) is 86.2 cm³/mol. The van der Waals surface area contributed by atoms with Crippen LogP contribution in [-0.4, -0.2) is 27.7 Å². The first-order valence-corrected chi connectivity index (χ1v) is 7.67. The van der Waals surface area contributed by atoms with Gasteiger partial charge in [-0.15, -0.1) is 0 Å². The van der Waals surface area contributed by atoms with Gasteiger partial charge in [0, 0.05) is 5.69 Å². The fourth-order valence-corrected chi connectivity index (χ4v) is 2.72. The summed E-state index contributed by atoms with van der Waals surface area (Å²) in [6.07, 6.45) is 2.86. The molecule has 0 aliphatic rings. The highest BCUT2D eigenvalue weighted by Crippen LogP contribution is 2.24. The molecule has 0 unspecified atom stereocenters. The Hall–Kier alpha value is -1.88. The highest BCUT2D eigenvalue weighted by Gasteiger charge is 2.28. The molecule has 22 heavy (non-hydrogen) atoms. The van der Waals surface area contributed by atoms with Crippen LogP contribution < -0.4 is 5.32 Å². The second kappa shape index (κ2) is 7.94. The first kappa shape index (κ1) is 18.2. The predicted octanol–water partition coefficient (Wildman–Crippen LogP) is 3.35. The molecule has 0 aliphatic heterocycles. The lowest BCUT2D eigenvalue weighted by Crippen LogP contribution is -2.33. The minimum atomic E-state index is -0.990. The second-order valence-corrected chi connectivity index (χ2v) is 5.78. The van der Waals surface area contributed by atoms with Gasteiger partial charge in [-0.2, -0.15) is 0 Å². The Bertz CT molecular complexity index is 533. The van der Waals surface area contributed by atoms with Gasteiger partial charge in [0.1, 0.15) is 0 Å². The van der Waals surface area contributed by atoms with E-state index in [2.05, 4.69) is 5.32 Å². The van der Waals surface area contributed by atoms with Crippen LogP contribution in [0.2, 0.25) is 0 Å². The van der Waals surface area contributed by atoms with E-state index in [4.69, 9.17) is 5.11 Å². The summed E-state index contributed by atoms with van der Waals surface area (Å²) in [7, 11) is 0. The smallest absolute Gasteiger partial charge is 0.335 e. The Kier molecular flexibility index (Phi) is 6.56. The molecule has 0 saturated carbocycles.